The molecule has 0 radical (unpaired) electrons. The summed E-state index contributed by atoms with van der Waals surface area (Å²) in [7, 11) is 0. The summed E-state index contributed by atoms with van der Waals surface area (Å²) >= 11 is 0. The van der Waals surface area contributed by atoms with Gasteiger partial charge in [-0.15, -0.1) is 0 Å². The average Bonchev–Trinajstić information content (AvgIpc) is 3.32. The zero-order valence-electron chi connectivity index (χ0n) is 14.2. The van der Waals surface area contributed by atoms with Crippen LogP contribution in [0.3, 0.4) is 0 Å². The smallest absolute Gasteiger partial charge is 0.230 e. The molecule has 0 aromatic carbocycles. The molecule has 2 saturated heterocycles. The number of amides is 2. The second-order valence-electron chi connectivity index (χ2n) is 7.64. The largest absolute Gasteiger partial charge is 0.348 e. The second-order valence-corrected chi connectivity index (χ2v) is 7.64. The van der Waals surface area contributed by atoms with Gasteiger partial charge in [-0.3, -0.25) is 9.59 Å². The molecular weight excluding hydrogens is 304 g/mol. The molecule has 6 heteroatoms. The molecule has 1 atom stereocenters. The lowest BCUT2D eigenvalue weighted by Gasteiger charge is -2.42. The minimum Gasteiger partial charge on any atom is -0.348 e. The molecule has 130 valence electrons. The molecule has 3 heterocycles. The molecule has 1 N–H and O–H groups in total. The van der Waals surface area contributed by atoms with Crippen LogP contribution in [0.15, 0.2) is 12.5 Å². The van der Waals surface area contributed by atoms with Gasteiger partial charge in [-0.2, -0.15) is 0 Å². The van der Waals surface area contributed by atoms with Crippen LogP contribution in [0, 0.1) is 5.41 Å². The number of likely N-dealkylation sites (tertiary alicyclic amines) is 2. The van der Waals surface area contributed by atoms with Crippen LogP contribution in [-0.2, 0) is 16.0 Å². The van der Waals surface area contributed by atoms with Crippen LogP contribution in [0.1, 0.15) is 50.6 Å². The highest BCUT2D eigenvalue weighted by molar-refractivity contribution is 5.86. The molecule has 2 amide bonds. The lowest BCUT2D eigenvalue weighted by molar-refractivity contribution is -0.148. The van der Waals surface area contributed by atoms with Crippen LogP contribution in [0.2, 0.25) is 0 Å². The molecule has 3 fully saturated rings. The second kappa shape index (κ2) is 6.22. The first kappa shape index (κ1) is 15.7. The number of nitrogens with one attached hydrogen (secondary N) is 1. The van der Waals surface area contributed by atoms with Gasteiger partial charge in [-0.05, 0) is 32.1 Å². The molecule has 1 spiro atoms. The van der Waals surface area contributed by atoms with Gasteiger partial charge >= 0.3 is 0 Å². The molecule has 1 saturated carbocycles. The minimum atomic E-state index is -0.315. The van der Waals surface area contributed by atoms with Gasteiger partial charge in [0.25, 0.3) is 0 Å². The maximum absolute atomic E-state index is 13.2. The van der Waals surface area contributed by atoms with Gasteiger partial charge in [0, 0.05) is 37.6 Å². The lowest BCUT2D eigenvalue weighted by Crippen LogP contribution is -2.53. The van der Waals surface area contributed by atoms with Crippen molar-refractivity contribution < 1.29 is 9.59 Å². The third-order valence-electron chi connectivity index (χ3n) is 6.14. The zero-order valence-corrected chi connectivity index (χ0v) is 14.2. The van der Waals surface area contributed by atoms with Gasteiger partial charge in [0.1, 0.15) is 0 Å². The number of hydrogen-bond donors (Lipinski definition) is 1. The van der Waals surface area contributed by atoms with E-state index in [0.29, 0.717) is 31.5 Å². The maximum atomic E-state index is 13.2. The summed E-state index contributed by atoms with van der Waals surface area (Å²) in [5, 5.41) is 0. The summed E-state index contributed by atoms with van der Waals surface area (Å²) in [6, 6.07) is 0.449. The van der Waals surface area contributed by atoms with Crippen LogP contribution < -0.4 is 0 Å². The van der Waals surface area contributed by atoms with Crippen LogP contribution in [0.5, 0.6) is 0 Å². The molecule has 1 aliphatic carbocycles. The Morgan fingerprint density at radius 2 is 2.08 bits per heavy atom. The number of carbonyl (C=O) groups excluding carboxylic acids is 2. The van der Waals surface area contributed by atoms with E-state index in [9.17, 15) is 9.59 Å². The number of H-pyrrole nitrogens is 1. The molecule has 1 aromatic rings. The highest BCUT2D eigenvalue weighted by Crippen LogP contribution is 2.42. The van der Waals surface area contributed by atoms with Crippen LogP contribution >= 0.6 is 0 Å². The Hall–Kier alpha value is -1.85. The highest BCUT2D eigenvalue weighted by Gasteiger charge is 2.50. The molecule has 24 heavy (non-hydrogen) atoms. The summed E-state index contributed by atoms with van der Waals surface area (Å²) in [6.45, 7) is 2.21. The number of nitrogens with zero attached hydrogens (tertiary/aromatic N) is 3. The van der Waals surface area contributed by atoms with Crippen molar-refractivity contribution in [1.82, 2.24) is 19.8 Å². The van der Waals surface area contributed by atoms with Crippen LogP contribution in [-0.4, -0.2) is 57.3 Å². The highest BCUT2D eigenvalue weighted by atomic mass is 16.2. The van der Waals surface area contributed by atoms with E-state index in [1.165, 1.54) is 12.8 Å². The van der Waals surface area contributed by atoms with E-state index in [2.05, 4.69) is 14.9 Å². The fourth-order valence-electron chi connectivity index (χ4n) is 4.79. The third-order valence-corrected chi connectivity index (χ3v) is 6.14. The minimum absolute atomic E-state index is 0.0990. The first-order valence-electron chi connectivity index (χ1n) is 9.24. The summed E-state index contributed by atoms with van der Waals surface area (Å²) in [6.07, 6.45) is 11.3. The van der Waals surface area contributed by atoms with Gasteiger partial charge in [-0.25, -0.2) is 4.98 Å². The van der Waals surface area contributed by atoms with Crippen molar-refractivity contribution in [2.24, 2.45) is 5.41 Å². The van der Waals surface area contributed by atoms with E-state index in [1.54, 1.807) is 12.5 Å². The molecule has 0 bridgehead atoms. The summed E-state index contributed by atoms with van der Waals surface area (Å²) in [5.74, 6) is 0.416. The van der Waals surface area contributed by atoms with Gasteiger partial charge in [0.15, 0.2) is 0 Å². The van der Waals surface area contributed by atoms with E-state index in [-0.39, 0.29) is 11.3 Å². The Labute approximate surface area is 142 Å². The van der Waals surface area contributed by atoms with E-state index >= 15 is 0 Å². The van der Waals surface area contributed by atoms with Crippen molar-refractivity contribution in [3.05, 3.63) is 18.2 Å². The predicted octanol–water partition coefficient (Wildman–Crippen LogP) is 1.74. The Balaban J connectivity index is 1.43. The zero-order chi connectivity index (χ0) is 16.6. The van der Waals surface area contributed by atoms with Gasteiger partial charge in [0.2, 0.25) is 11.8 Å². The van der Waals surface area contributed by atoms with Crippen molar-refractivity contribution in [2.75, 3.05) is 19.6 Å². The third kappa shape index (κ3) is 2.72. The molecule has 6 nitrogen and oxygen atoms in total. The first-order valence-corrected chi connectivity index (χ1v) is 9.24. The number of carbonyl (C=O) groups is 2. The fourth-order valence-corrected chi connectivity index (χ4v) is 4.79. The topological polar surface area (TPSA) is 69.3 Å². The molecular formula is C18H26N4O2. The molecule has 4 rings (SSSR count). The van der Waals surface area contributed by atoms with Gasteiger partial charge < -0.3 is 14.8 Å². The van der Waals surface area contributed by atoms with Crippen molar-refractivity contribution in [3.63, 3.8) is 0 Å². The van der Waals surface area contributed by atoms with E-state index in [4.69, 9.17) is 0 Å². The van der Waals surface area contributed by atoms with Gasteiger partial charge in [0.05, 0.1) is 18.2 Å². The molecule has 1 unspecified atom stereocenters. The number of piperidine rings is 1. The Morgan fingerprint density at radius 3 is 2.83 bits per heavy atom. The molecule has 2 aliphatic heterocycles. The lowest BCUT2D eigenvalue weighted by atomic mass is 9.77. The Bertz CT molecular complexity index is 609. The Morgan fingerprint density at radius 1 is 1.25 bits per heavy atom. The number of aromatic amines is 1. The Kier molecular flexibility index (Phi) is 4.06. The van der Waals surface area contributed by atoms with Crippen molar-refractivity contribution in [1.29, 1.82) is 0 Å². The number of imidazole rings is 1. The summed E-state index contributed by atoms with van der Waals surface area (Å²) in [4.78, 5) is 36.7. The number of hydrogen-bond acceptors (Lipinski definition) is 3. The normalized spacial score (nSPS) is 28.2. The maximum Gasteiger partial charge on any atom is 0.230 e. The molecule has 3 aliphatic rings. The standard InChI is InChI=1S/C18H26N4O2/c23-16(10-14-11-19-13-20-14)21-9-7-18(12-21)6-3-8-22(17(18)24)15-4-1-2-5-15/h11,13,15H,1-10,12H2,(H,19,20). The first-order chi connectivity index (χ1) is 11.7. The fraction of sp³-hybridized carbons (Fsp3) is 0.722. The quantitative estimate of drug-likeness (QED) is 0.918. The number of rotatable bonds is 3. The van der Waals surface area contributed by atoms with E-state index in [1.807, 2.05) is 4.90 Å². The van der Waals surface area contributed by atoms with E-state index < -0.39 is 0 Å². The van der Waals surface area contributed by atoms with Crippen LogP contribution in [0.25, 0.3) is 0 Å². The monoisotopic (exact) mass is 330 g/mol. The summed E-state index contributed by atoms with van der Waals surface area (Å²) < 4.78 is 0. The van der Waals surface area contributed by atoms with Crippen molar-refractivity contribution >= 4 is 11.8 Å². The predicted molar refractivity (Wildman–Crippen MR) is 89.1 cm³/mol. The summed E-state index contributed by atoms with van der Waals surface area (Å²) in [5.41, 5.74) is 0.522. The SMILES string of the molecule is O=C(Cc1cnc[nH]1)N1CCC2(CCCN(C3CCCC3)C2=O)C1. The van der Waals surface area contributed by atoms with Crippen molar-refractivity contribution in [3.8, 4) is 0 Å². The van der Waals surface area contributed by atoms with Gasteiger partial charge in [-0.1, -0.05) is 12.8 Å². The number of aromatic nitrogens is 2. The van der Waals surface area contributed by atoms with Crippen molar-refractivity contribution in [2.45, 2.75) is 57.4 Å². The van der Waals surface area contributed by atoms with E-state index in [0.717, 1.165) is 44.3 Å². The average molecular weight is 330 g/mol. The molecule has 1 aromatic heterocycles. The van der Waals surface area contributed by atoms with Crippen LogP contribution in [0.4, 0.5) is 0 Å².